The van der Waals surface area contributed by atoms with Crippen molar-refractivity contribution in [1.29, 1.82) is 0 Å². The minimum Gasteiger partial charge on any atom is -0.486 e. The highest BCUT2D eigenvalue weighted by atomic mass is 16.6. The van der Waals surface area contributed by atoms with E-state index >= 15 is 0 Å². The monoisotopic (exact) mass is 304 g/mol. The Labute approximate surface area is 130 Å². The molecule has 0 amide bonds. The number of ether oxygens (including phenoxy) is 2. The number of para-hydroxylation sites is 1. The third-order valence-corrected chi connectivity index (χ3v) is 4.24. The average molecular weight is 304 g/mol. The number of fused-ring (bicyclic) bond motifs is 6. The van der Waals surface area contributed by atoms with E-state index in [2.05, 4.69) is 0 Å². The van der Waals surface area contributed by atoms with Crippen LogP contribution in [0, 0.1) is 0 Å². The van der Waals surface area contributed by atoms with E-state index in [9.17, 15) is 4.79 Å². The van der Waals surface area contributed by atoms with Gasteiger partial charge < -0.3 is 13.9 Å². The summed E-state index contributed by atoms with van der Waals surface area (Å²) in [6.45, 7) is 1.05. The van der Waals surface area contributed by atoms with E-state index in [4.69, 9.17) is 13.9 Å². The summed E-state index contributed by atoms with van der Waals surface area (Å²) in [4.78, 5) is 12.9. The molecule has 2 heterocycles. The molecule has 0 radical (unpaired) electrons. The standard InChI is InChI=1S/C19H12O4/c20-18-13-3-1-2-4-14(13)23-15-7-6-12-11(17(15)18)5-8-16-19(12)22-10-9-21-16/h1-8H,9-10H2. The lowest BCUT2D eigenvalue weighted by molar-refractivity contribution is 0.174. The molecule has 0 aliphatic carbocycles. The molecule has 0 unspecified atom stereocenters. The summed E-state index contributed by atoms with van der Waals surface area (Å²) >= 11 is 0. The van der Waals surface area contributed by atoms with Gasteiger partial charge in [0.05, 0.1) is 10.8 Å². The van der Waals surface area contributed by atoms with Crippen LogP contribution in [0.3, 0.4) is 0 Å². The summed E-state index contributed by atoms with van der Waals surface area (Å²) in [7, 11) is 0. The van der Waals surface area contributed by atoms with Gasteiger partial charge in [-0.15, -0.1) is 0 Å². The predicted molar refractivity (Wildman–Crippen MR) is 88.5 cm³/mol. The van der Waals surface area contributed by atoms with Crippen LogP contribution in [0.15, 0.2) is 57.7 Å². The first-order valence-corrected chi connectivity index (χ1v) is 7.50. The van der Waals surface area contributed by atoms with E-state index in [1.54, 1.807) is 6.07 Å². The van der Waals surface area contributed by atoms with Crippen molar-refractivity contribution >= 4 is 32.7 Å². The third-order valence-electron chi connectivity index (χ3n) is 4.24. The molecule has 1 aliphatic rings. The largest absolute Gasteiger partial charge is 0.486 e. The Balaban J connectivity index is 2.00. The molecule has 0 N–H and O–H groups in total. The highest BCUT2D eigenvalue weighted by molar-refractivity contribution is 6.10. The van der Waals surface area contributed by atoms with Gasteiger partial charge in [0, 0.05) is 10.8 Å². The van der Waals surface area contributed by atoms with Crippen LogP contribution in [-0.4, -0.2) is 13.2 Å². The van der Waals surface area contributed by atoms with Gasteiger partial charge in [0.25, 0.3) is 0 Å². The maximum Gasteiger partial charge on any atom is 0.201 e. The van der Waals surface area contributed by atoms with Crippen LogP contribution < -0.4 is 14.9 Å². The minimum absolute atomic E-state index is 0.0240. The molecular weight excluding hydrogens is 292 g/mol. The molecule has 0 bridgehead atoms. The van der Waals surface area contributed by atoms with Crippen LogP contribution in [-0.2, 0) is 0 Å². The van der Waals surface area contributed by atoms with E-state index in [1.807, 2.05) is 42.5 Å². The molecule has 0 saturated heterocycles. The zero-order valence-electron chi connectivity index (χ0n) is 12.2. The smallest absolute Gasteiger partial charge is 0.201 e. The molecule has 23 heavy (non-hydrogen) atoms. The van der Waals surface area contributed by atoms with Crippen LogP contribution in [0.2, 0.25) is 0 Å². The minimum atomic E-state index is -0.0240. The van der Waals surface area contributed by atoms with Crippen LogP contribution >= 0.6 is 0 Å². The predicted octanol–water partition coefficient (Wildman–Crippen LogP) is 3.87. The van der Waals surface area contributed by atoms with Gasteiger partial charge in [-0.25, -0.2) is 0 Å². The molecule has 112 valence electrons. The molecule has 0 atom stereocenters. The van der Waals surface area contributed by atoms with E-state index in [0.29, 0.717) is 46.7 Å². The number of rotatable bonds is 0. The summed E-state index contributed by atoms with van der Waals surface area (Å²) < 4.78 is 17.3. The van der Waals surface area contributed by atoms with Gasteiger partial charge in [0.1, 0.15) is 24.4 Å². The molecule has 1 aromatic heterocycles. The quantitative estimate of drug-likeness (QED) is 0.365. The maximum atomic E-state index is 12.9. The van der Waals surface area contributed by atoms with Gasteiger partial charge in [-0.1, -0.05) is 12.1 Å². The van der Waals surface area contributed by atoms with Gasteiger partial charge >= 0.3 is 0 Å². The van der Waals surface area contributed by atoms with Gasteiger partial charge in [0.2, 0.25) is 5.43 Å². The Morgan fingerprint density at radius 2 is 1.57 bits per heavy atom. The molecule has 4 nitrogen and oxygen atoms in total. The van der Waals surface area contributed by atoms with Gasteiger partial charge in [0.15, 0.2) is 11.5 Å². The molecule has 5 rings (SSSR count). The van der Waals surface area contributed by atoms with Crippen LogP contribution in [0.4, 0.5) is 0 Å². The Bertz CT molecular complexity index is 1140. The summed E-state index contributed by atoms with van der Waals surface area (Å²) in [5, 5.41) is 2.86. The average Bonchev–Trinajstić information content (AvgIpc) is 2.61. The first kappa shape index (κ1) is 12.5. The van der Waals surface area contributed by atoms with Crippen LogP contribution in [0.1, 0.15) is 0 Å². The summed E-state index contributed by atoms with van der Waals surface area (Å²) in [6, 6.07) is 14.8. The fourth-order valence-electron chi connectivity index (χ4n) is 3.21. The Kier molecular flexibility index (Phi) is 2.45. The molecule has 3 aromatic carbocycles. The molecule has 0 fully saturated rings. The van der Waals surface area contributed by atoms with Gasteiger partial charge in [-0.2, -0.15) is 0 Å². The van der Waals surface area contributed by atoms with Crippen molar-refractivity contribution in [3.05, 3.63) is 58.8 Å². The molecule has 1 aliphatic heterocycles. The van der Waals surface area contributed by atoms with Crippen molar-refractivity contribution in [1.82, 2.24) is 0 Å². The normalized spacial score (nSPS) is 13.7. The fourth-order valence-corrected chi connectivity index (χ4v) is 3.21. The second-order valence-corrected chi connectivity index (χ2v) is 5.55. The lowest BCUT2D eigenvalue weighted by atomic mass is 10.0. The maximum absolute atomic E-state index is 12.9. The van der Waals surface area contributed by atoms with Crippen molar-refractivity contribution in [2.24, 2.45) is 0 Å². The zero-order chi connectivity index (χ0) is 15.4. The molecular formula is C19H12O4. The zero-order valence-corrected chi connectivity index (χ0v) is 12.2. The highest BCUT2D eigenvalue weighted by Gasteiger charge is 2.18. The van der Waals surface area contributed by atoms with Crippen molar-refractivity contribution in [2.45, 2.75) is 0 Å². The highest BCUT2D eigenvalue weighted by Crippen LogP contribution is 2.39. The van der Waals surface area contributed by atoms with Gasteiger partial charge in [-0.3, -0.25) is 4.79 Å². The fraction of sp³-hybridized carbons (Fsp3) is 0.105. The van der Waals surface area contributed by atoms with E-state index < -0.39 is 0 Å². The molecule has 0 saturated carbocycles. The second kappa shape index (κ2) is 4.49. The van der Waals surface area contributed by atoms with Crippen molar-refractivity contribution in [3.63, 3.8) is 0 Å². The summed E-state index contributed by atoms with van der Waals surface area (Å²) in [5.41, 5.74) is 1.16. The molecule has 4 aromatic rings. The van der Waals surface area contributed by atoms with Crippen molar-refractivity contribution in [2.75, 3.05) is 13.2 Å². The van der Waals surface area contributed by atoms with Gasteiger partial charge in [-0.05, 0) is 36.4 Å². The second-order valence-electron chi connectivity index (χ2n) is 5.55. The van der Waals surface area contributed by atoms with Crippen molar-refractivity contribution < 1.29 is 13.9 Å². The van der Waals surface area contributed by atoms with Crippen LogP contribution in [0.5, 0.6) is 11.5 Å². The number of benzene rings is 3. The van der Waals surface area contributed by atoms with E-state index in [0.717, 1.165) is 10.8 Å². The van der Waals surface area contributed by atoms with Crippen LogP contribution in [0.25, 0.3) is 32.7 Å². The first-order valence-electron chi connectivity index (χ1n) is 7.50. The van der Waals surface area contributed by atoms with E-state index in [1.165, 1.54) is 0 Å². The first-order chi connectivity index (χ1) is 11.3. The Morgan fingerprint density at radius 3 is 2.52 bits per heavy atom. The third kappa shape index (κ3) is 1.69. The Hall–Kier alpha value is -3.01. The molecule has 4 heteroatoms. The number of hydrogen-bond acceptors (Lipinski definition) is 4. The SMILES string of the molecule is O=c1c2ccccc2oc2ccc3c4c(ccc3c12)OCCO4. The Morgan fingerprint density at radius 1 is 0.739 bits per heavy atom. The van der Waals surface area contributed by atoms with Crippen molar-refractivity contribution in [3.8, 4) is 11.5 Å². The lowest BCUT2D eigenvalue weighted by Crippen LogP contribution is -2.15. The lowest BCUT2D eigenvalue weighted by Gasteiger charge is -2.20. The topological polar surface area (TPSA) is 48.7 Å². The number of hydrogen-bond donors (Lipinski definition) is 0. The summed E-state index contributed by atoms with van der Waals surface area (Å²) in [5.74, 6) is 1.41. The molecule has 0 spiro atoms. The summed E-state index contributed by atoms with van der Waals surface area (Å²) in [6.07, 6.45) is 0. The van der Waals surface area contributed by atoms with E-state index in [-0.39, 0.29) is 5.43 Å².